The Morgan fingerprint density at radius 3 is 2.65 bits per heavy atom. The molecule has 2 aromatic rings. The Hall–Kier alpha value is -1.97. The van der Waals surface area contributed by atoms with Gasteiger partial charge in [-0.25, -0.2) is 8.78 Å². The molecule has 0 atom stereocenters. The van der Waals surface area contributed by atoms with E-state index in [4.69, 9.17) is 0 Å². The Kier molecular flexibility index (Phi) is 3.32. The zero-order chi connectivity index (χ0) is 12.3. The number of rotatable bonds is 3. The first-order valence-electron chi connectivity index (χ1n) is 5.25. The normalized spacial score (nSPS) is 10.3. The van der Waals surface area contributed by atoms with E-state index in [1.807, 2.05) is 19.1 Å². The number of nitrogens with one attached hydrogen (secondary N) is 1. The van der Waals surface area contributed by atoms with Crippen LogP contribution in [-0.2, 0) is 6.54 Å². The topological polar surface area (TPSA) is 24.9 Å². The summed E-state index contributed by atoms with van der Waals surface area (Å²) < 4.78 is 26.0. The van der Waals surface area contributed by atoms with Gasteiger partial charge in [-0.15, -0.1) is 0 Å². The largest absolute Gasteiger partial charge is 0.377 e. The molecular formula is C13H12F2N2. The van der Waals surface area contributed by atoms with Gasteiger partial charge < -0.3 is 5.32 Å². The summed E-state index contributed by atoms with van der Waals surface area (Å²) in [5, 5.41) is 2.87. The van der Waals surface area contributed by atoms with Crippen LogP contribution in [0.1, 0.15) is 11.3 Å². The van der Waals surface area contributed by atoms with Crippen LogP contribution in [0.2, 0.25) is 0 Å². The molecule has 2 rings (SSSR count). The zero-order valence-electron chi connectivity index (χ0n) is 9.37. The van der Waals surface area contributed by atoms with Crippen LogP contribution >= 0.6 is 0 Å². The minimum Gasteiger partial charge on any atom is -0.377 e. The van der Waals surface area contributed by atoms with Crippen molar-refractivity contribution in [2.45, 2.75) is 13.5 Å². The molecule has 1 aromatic heterocycles. The fraction of sp³-hybridized carbons (Fsp3) is 0.154. The third-order valence-corrected chi connectivity index (χ3v) is 2.36. The summed E-state index contributed by atoms with van der Waals surface area (Å²) in [6.45, 7) is 2.35. The van der Waals surface area contributed by atoms with Crippen molar-refractivity contribution in [2.75, 3.05) is 5.32 Å². The molecule has 0 spiro atoms. The van der Waals surface area contributed by atoms with E-state index in [9.17, 15) is 8.78 Å². The summed E-state index contributed by atoms with van der Waals surface area (Å²) >= 11 is 0. The lowest BCUT2D eigenvalue weighted by molar-refractivity contribution is 0.585. The standard InChI is InChI=1S/C13H12F2N2/c1-9-2-4-11(16-7-9)8-17-13-5-3-10(14)6-12(13)15/h2-7,17H,8H2,1H3. The third kappa shape index (κ3) is 3.00. The van der Waals surface area contributed by atoms with Gasteiger partial charge >= 0.3 is 0 Å². The molecule has 4 heteroatoms. The van der Waals surface area contributed by atoms with Crippen LogP contribution in [0.5, 0.6) is 0 Å². The maximum Gasteiger partial charge on any atom is 0.149 e. The average molecular weight is 234 g/mol. The van der Waals surface area contributed by atoms with E-state index in [1.54, 1.807) is 6.20 Å². The molecule has 88 valence electrons. The van der Waals surface area contributed by atoms with Crippen molar-refractivity contribution in [1.82, 2.24) is 4.98 Å². The van der Waals surface area contributed by atoms with Gasteiger partial charge in [0, 0.05) is 12.3 Å². The predicted octanol–water partition coefficient (Wildman–Crippen LogP) is 3.28. The number of hydrogen-bond donors (Lipinski definition) is 1. The van der Waals surface area contributed by atoms with Gasteiger partial charge in [-0.1, -0.05) is 6.07 Å². The molecule has 0 saturated heterocycles. The maximum absolute atomic E-state index is 13.3. The smallest absolute Gasteiger partial charge is 0.149 e. The average Bonchev–Trinajstić information content (AvgIpc) is 2.30. The molecule has 1 aromatic carbocycles. The molecule has 0 unspecified atom stereocenters. The molecule has 0 aliphatic carbocycles. The second-order valence-corrected chi connectivity index (χ2v) is 3.80. The second-order valence-electron chi connectivity index (χ2n) is 3.80. The summed E-state index contributed by atoms with van der Waals surface area (Å²) in [6.07, 6.45) is 1.75. The highest BCUT2D eigenvalue weighted by Gasteiger charge is 2.03. The van der Waals surface area contributed by atoms with Crippen LogP contribution in [0, 0.1) is 18.6 Å². The first-order chi connectivity index (χ1) is 8.15. The molecule has 0 bridgehead atoms. The van der Waals surface area contributed by atoms with Gasteiger partial charge in [-0.3, -0.25) is 4.98 Å². The van der Waals surface area contributed by atoms with Crippen LogP contribution in [0.25, 0.3) is 0 Å². The monoisotopic (exact) mass is 234 g/mol. The molecular weight excluding hydrogens is 222 g/mol. The predicted molar refractivity (Wildman–Crippen MR) is 62.7 cm³/mol. The molecule has 1 heterocycles. The lowest BCUT2D eigenvalue weighted by Crippen LogP contribution is -2.03. The Balaban J connectivity index is 2.04. The van der Waals surface area contributed by atoms with Crippen molar-refractivity contribution in [1.29, 1.82) is 0 Å². The molecule has 0 fully saturated rings. The number of nitrogens with zero attached hydrogens (tertiary/aromatic N) is 1. The van der Waals surface area contributed by atoms with E-state index in [0.717, 1.165) is 17.3 Å². The van der Waals surface area contributed by atoms with Gasteiger partial charge in [-0.2, -0.15) is 0 Å². The van der Waals surface area contributed by atoms with Crippen molar-refractivity contribution in [3.63, 3.8) is 0 Å². The fourth-order valence-electron chi connectivity index (χ4n) is 1.42. The summed E-state index contributed by atoms with van der Waals surface area (Å²) in [6, 6.07) is 7.24. The molecule has 0 aliphatic rings. The van der Waals surface area contributed by atoms with Gasteiger partial charge in [0.1, 0.15) is 11.6 Å². The maximum atomic E-state index is 13.3. The summed E-state index contributed by atoms with van der Waals surface area (Å²) in [4.78, 5) is 4.18. The van der Waals surface area contributed by atoms with Crippen molar-refractivity contribution < 1.29 is 8.78 Å². The lowest BCUT2D eigenvalue weighted by Gasteiger charge is -2.07. The fourth-order valence-corrected chi connectivity index (χ4v) is 1.42. The minimum atomic E-state index is -0.600. The van der Waals surface area contributed by atoms with E-state index < -0.39 is 11.6 Å². The highest BCUT2D eigenvalue weighted by atomic mass is 19.1. The van der Waals surface area contributed by atoms with Crippen LogP contribution in [0.3, 0.4) is 0 Å². The van der Waals surface area contributed by atoms with E-state index in [0.29, 0.717) is 6.54 Å². The van der Waals surface area contributed by atoms with Gasteiger partial charge in [0.15, 0.2) is 0 Å². The number of hydrogen-bond acceptors (Lipinski definition) is 2. The number of anilines is 1. The Morgan fingerprint density at radius 1 is 1.18 bits per heavy atom. The Bertz CT molecular complexity index is 509. The molecule has 1 N–H and O–H groups in total. The van der Waals surface area contributed by atoms with Gasteiger partial charge in [0.25, 0.3) is 0 Å². The van der Waals surface area contributed by atoms with Crippen molar-refractivity contribution in [2.24, 2.45) is 0 Å². The highest BCUT2D eigenvalue weighted by Crippen LogP contribution is 2.15. The van der Waals surface area contributed by atoms with Gasteiger partial charge in [-0.05, 0) is 30.7 Å². The van der Waals surface area contributed by atoms with E-state index in [2.05, 4.69) is 10.3 Å². The first-order valence-corrected chi connectivity index (χ1v) is 5.25. The molecule has 2 nitrogen and oxygen atoms in total. The van der Waals surface area contributed by atoms with Crippen molar-refractivity contribution in [3.05, 3.63) is 59.4 Å². The third-order valence-electron chi connectivity index (χ3n) is 2.36. The van der Waals surface area contributed by atoms with Crippen LogP contribution in [0.4, 0.5) is 14.5 Å². The number of benzene rings is 1. The summed E-state index contributed by atoms with van der Waals surface area (Å²) in [5.74, 6) is -1.18. The highest BCUT2D eigenvalue weighted by molar-refractivity contribution is 5.44. The molecule has 0 amide bonds. The summed E-state index contributed by atoms with van der Waals surface area (Å²) in [7, 11) is 0. The Morgan fingerprint density at radius 2 is 2.00 bits per heavy atom. The van der Waals surface area contributed by atoms with Gasteiger partial charge in [0.2, 0.25) is 0 Å². The van der Waals surface area contributed by atoms with E-state index >= 15 is 0 Å². The second kappa shape index (κ2) is 4.91. The van der Waals surface area contributed by atoms with Crippen molar-refractivity contribution in [3.8, 4) is 0 Å². The van der Waals surface area contributed by atoms with Crippen LogP contribution in [-0.4, -0.2) is 4.98 Å². The summed E-state index contributed by atoms with van der Waals surface area (Å²) in [5.41, 5.74) is 2.15. The molecule has 0 saturated carbocycles. The molecule has 0 radical (unpaired) electrons. The number of pyridine rings is 1. The molecule has 0 aliphatic heterocycles. The van der Waals surface area contributed by atoms with E-state index in [-0.39, 0.29) is 5.69 Å². The zero-order valence-corrected chi connectivity index (χ0v) is 9.37. The lowest BCUT2D eigenvalue weighted by atomic mass is 10.2. The van der Waals surface area contributed by atoms with Crippen LogP contribution < -0.4 is 5.32 Å². The first kappa shape index (κ1) is 11.5. The number of halogens is 2. The number of aromatic nitrogens is 1. The SMILES string of the molecule is Cc1ccc(CNc2ccc(F)cc2F)nc1. The number of aryl methyl sites for hydroxylation is 1. The van der Waals surface area contributed by atoms with Crippen LogP contribution in [0.15, 0.2) is 36.5 Å². The quantitative estimate of drug-likeness (QED) is 0.881. The van der Waals surface area contributed by atoms with E-state index in [1.165, 1.54) is 12.1 Å². The Labute approximate surface area is 98.3 Å². The van der Waals surface area contributed by atoms with Gasteiger partial charge in [0.05, 0.1) is 17.9 Å². The van der Waals surface area contributed by atoms with Crippen molar-refractivity contribution >= 4 is 5.69 Å². The molecule has 17 heavy (non-hydrogen) atoms. The minimum absolute atomic E-state index is 0.272.